The molecular weight excluding hydrogens is 306 g/mol. The Morgan fingerprint density at radius 3 is 2.68 bits per heavy atom. The van der Waals surface area contributed by atoms with Gasteiger partial charge in [0.2, 0.25) is 5.91 Å². The molecular formula is C16H18ClNO4. The summed E-state index contributed by atoms with van der Waals surface area (Å²) < 4.78 is 5.44. The van der Waals surface area contributed by atoms with Crippen molar-refractivity contribution in [3.05, 3.63) is 40.9 Å². The van der Waals surface area contributed by atoms with Crippen molar-refractivity contribution in [1.29, 1.82) is 0 Å². The fourth-order valence-corrected chi connectivity index (χ4v) is 2.59. The lowest BCUT2D eigenvalue weighted by atomic mass is 10.2. The van der Waals surface area contributed by atoms with Crippen LogP contribution in [-0.4, -0.2) is 47.2 Å². The van der Waals surface area contributed by atoms with E-state index in [4.69, 9.17) is 16.3 Å². The molecule has 0 aromatic heterocycles. The van der Waals surface area contributed by atoms with Crippen LogP contribution in [0.3, 0.4) is 0 Å². The molecule has 1 fully saturated rings. The van der Waals surface area contributed by atoms with Gasteiger partial charge in [0.25, 0.3) is 0 Å². The molecule has 1 aromatic rings. The van der Waals surface area contributed by atoms with Gasteiger partial charge in [-0.2, -0.15) is 0 Å². The summed E-state index contributed by atoms with van der Waals surface area (Å²) in [6, 6.07) is 6.19. The summed E-state index contributed by atoms with van der Waals surface area (Å²) in [5, 5.41) is 9.87. The molecule has 0 unspecified atom stereocenters. The number of likely N-dealkylation sites (tertiary alicyclic amines) is 1. The molecule has 6 heteroatoms. The Bertz CT molecular complexity index is 570. The smallest absolute Gasteiger partial charge is 0.326 e. The molecule has 0 aliphatic carbocycles. The van der Waals surface area contributed by atoms with Gasteiger partial charge in [-0.1, -0.05) is 23.7 Å². The molecule has 0 radical (unpaired) electrons. The normalized spacial score (nSPS) is 21.5. The van der Waals surface area contributed by atoms with Crippen LogP contribution in [-0.2, 0) is 14.3 Å². The average molecular weight is 324 g/mol. The van der Waals surface area contributed by atoms with Gasteiger partial charge >= 0.3 is 5.97 Å². The van der Waals surface area contributed by atoms with E-state index >= 15 is 0 Å². The van der Waals surface area contributed by atoms with Crippen LogP contribution in [0, 0.1) is 0 Å². The summed E-state index contributed by atoms with van der Waals surface area (Å²) in [5.41, 5.74) is 0.824. The van der Waals surface area contributed by atoms with Crippen molar-refractivity contribution < 1.29 is 19.4 Å². The van der Waals surface area contributed by atoms with E-state index in [1.807, 2.05) is 6.92 Å². The minimum Gasteiger partial charge on any atom is -0.480 e. The summed E-state index contributed by atoms with van der Waals surface area (Å²) >= 11 is 5.80. The molecule has 1 aliphatic heterocycles. The number of carboxylic acids is 1. The number of hydrogen-bond acceptors (Lipinski definition) is 3. The third kappa shape index (κ3) is 4.08. The Morgan fingerprint density at radius 1 is 1.41 bits per heavy atom. The number of nitrogens with zero attached hydrogens (tertiary/aromatic N) is 1. The monoisotopic (exact) mass is 323 g/mol. The van der Waals surface area contributed by atoms with Gasteiger partial charge in [0.05, 0.1) is 6.10 Å². The van der Waals surface area contributed by atoms with E-state index in [0.717, 1.165) is 5.56 Å². The number of benzene rings is 1. The molecule has 5 nitrogen and oxygen atoms in total. The van der Waals surface area contributed by atoms with E-state index < -0.39 is 12.0 Å². The first-order chi connectivity index (χ1) is 10.5. The van der Waals surface area contributed by atoms with Crippen molar-refractivity contribution in [3.8, 4) is 0 Å². The number of carbonyl (C=O) groups is 2. The van der Waals surface area contributed by atoms with Crippen molar-refractivity contribution >= 4 is 29.6 Å². The van der Waals surface area contributed by atoms with Gasteiger partial charge in [0.1, 0.15) is 6.04 Å². The lowest BCUT2D eigenvalue weighted by Crippen LogP contribution is -2.39. The van der Waals surface area contributed by atoms with Crippen molar-refractivity contribution in [2.24, 2.45) is 0 Å². The Labute approximate surface area is 134 Å². The summed E-state index contributed by atoms with van der Waals surface area (Å²) in [7, 11) is 0. The van der Waals surface area contributed by atoms with Crippen LogP contribution in [0.15, 0.2) is 30.3 Å². The molecule has 1 N–H and O–H groups in total. The van der Waals surface area contributed by atoms with Gasteiger partial charge in [-0.15, -0.1) is 0 Å². The zero-order valence-electron chi connectivity index (χ0n) is 12.2. The highest BCUT2D eigenvalue weighted by molar-refractivity contribution is 6.30. The zero-order valence-corrected chi connectivity index (χ0v) is 13.0. The number of rotatable bonds is 5. The van der Waals surface area contributed by atoms with Gasteiger partial charge < -0.3 is 14.7 Å². The van der Waals surface area contributed by atoms with Crippen molar-refractivity contribution in [3.63, 3.8) is 0 Å². The second kappa shape index (κ2) is 7.42. The van der Waals surface area contributed by atoms with Gasteiger partial charge in [0, 0.05) is 30.7 Å². The molecule has 118 valence electrons. The Morgan fingerprint density at radius 2 is 2.09 bits per heavy atom. The molecule has 0 saturated carbocycles. The maximum absolute atomic E-state index is 12.2. The molecule has 22 heavy (non-hydrogen) atoms. The lowest BCUT2D eigenvalue weighted by Gasteiger charge is -2.19. The topological polar surface area (TPSA) is 66.8 Å². The second-order valence-corrected chi connectivity index (χ2v) is 5.48. The largest absolute Gasteiger partial charge is 0.480 e. The molecule has 1 aromatic carbocycles. The van der Waals surface area contributed by atoms with Crippen LogP contribution in [0.4, 0.5) is 0 Å². The van der Waals surface area contributed by atoms with Crippen LogP contribution < -0.4 is 0 Å². The molecule has 1 saturated heterocycles. The highest BCUT2D eigenvalue weighted by Crippen LogP contribution is 2.21. The molecule has 2 rings (SSSR count). The summed E-state index contributed by atoms with van der Waals surface area (Å²) in [6.45, 7) is 2.65. The molecule has 0 spiro atoms. The van der Waals surface area contributed by atoms with Crippen molar-refractivity contribution in [2.45, 2.75) is 25.5 Å². The van der Waals surface area contributed by atoms with Gasteiger partial charge in [0.15, 0.2) is 0 Å². The number of carbonyl (C=O) groups excluding carboxylic acids is 1. The van der Waals surface area contributed by atoms with Gasteiger partial charge in [-0.05, 0) is 30.7 Å². The molecule has 1 heterocycles. The molecule has 2 atom stereocenters. The van der Waals surface area contributed by atoms with Crippen LogP contribution in [0.1, 0.15) is 18.9 Å². The third-order valence-electron chi connectivity index (χ3n) is 3.52. The summed E-state index contributed by atoms with van der Waals surface area (Å²) in [5.74, 6) is -1.33. The fraction of sp³-hybridized carbons (Fsp3) is 0.375. The first-order valence-electron chi connectivity index (χ1n) is 7.10. The van der Waals surface area contributed by atoms with E-state index in [1.54, 1.807) is 30.3 Å². The predicted octanol–water partition coefficient (Wildman–Crippen LogP) is 2.44. The summed E-state index contributed by atoms with van der Waals surface area (Å²) in [4.78, 5) is 24.9. The number of hydrogen-bond donors (Lipinski definition) is 1. The van der Waals surface area contributed by atoms with E-state index in [9.17, 15) is 14.7 Å². The first kappa shape index (κ1) is 16.5. The van der Waals surface area contributed by atoms with E-state index in [1.165, 1.54) is 11.0 Å². The van der Waals surface area contributed by atoms with Crippen molar-refractivity contribution in [1.82, 2.24) is 4.90 Å². The number of ether oxygens (including phenoxy) is 1. The Balaban J connectivity index is 2.06. The van der Waals surface area contributed by atoms with Crippen LogP contribution in [0.5, 0.6) is 0 Å². The minimum atomic E-state index is -1.00. The maximum atomic E-state index is 12.2. The van der Waals surface area contributed by atoms with Gasteiger partial charge in [-0.25, -0.2) is 4.79 Å². The zero-order chi connectivity index (χ0) is 16.1. The summed E-state index contributed by atoms with van der Waals surface area (Å²) in [6.07, 6.45) is 3.13. The van der Waals surface area contributed by atoms with Crippen molar-refractivity contribution in [2.75, 3.05) is 13.2 Å². The lowest BCUT2D eigenvalue weighted by molar-refractivity contribution is -0.146. The first-order valence-corrected chi connectivity index (χ1v) is 7.47. The second-order valence-electron chi connectivity index (χ2n) is 5.04. The number of carboxylic acid groups (broad SMARTS) is 1. The Hall–Kier alpha value is -1.85. The average Bonchev–Trinajstić information content (AvgIpc) is 2.91. The molecule has 1 amide bonds. The van der Waals surface area contributed by atoms with Crippen LogP contribution in [0.2, 0.25) is 5.02 Å². The van der Waals surface area contributed by atoms with E-state index in [-0.39, 0.29) is 12.0 Å². The number of amides is 1. The van der Waals surface area contributed by atoms with E-state index in [0.29, 0.717) is 24.6 Å². The van der Waals surface area contributed by atoms with Gasteiger partial charge in [-0.3, -0.25) is 4.79 Å². The SMILES string of the molecule is CCO[C@@H]1C[C@H](C(=O)O)N(C(=O)/C=C/c2ccc(Cl)cc2)C1. The standard InChI is InChI=1S/C16H18ClNO4/c1-2-22-13-9-14(16(20)21)18(10-13)15(19)8-5-11-3-6-12(17)7-4-11/h3-8,13-14H,2,9-10H2,1H3,(H,20,21)/b8-5+/t13-,14-/m1/s1. The van der Waals surface area contributed by atoms with Crippen LogP contribution in [0.25, 0.3) is 6.08 Å². The number of aliphatic carboxylic acids is 1. The maximum Gasteiger partial charge on any atom is 0.326 e. The third-order valence-corrected chi connectivity index (χ3v) is 3.77. The molecule has 0 bridgehead atoms. The van der Waals surface area contributed by atoms with Crippen LogP contribution >= 0.6 is 11.6 Å². The molecule has 1 aliphatic rings. The highest BCUT2D eigenvalue weighted by atomic mass is 35.5. The van der Waals surface area contributed by atoms with E-state index in [2.05, 4.69) is 0 Å². The fourth-order valence-electron chi connectivity index (χ4n) is 2.47. The minimum absolute atomic E-state index is 0.223. The predicted molar refractivity (Wildman–Crippen MR) is 83.7 cm³/mol. The number of halogens is 1. The quantitative estimate of drug-likeness (QED) is 0.845. The Kier molecular flexibility index (Phi) is 5.57. The highest BCUT2D eigenvalue weighted by Gasteiger charge is 2.39.